The van der Waals surface area contributed by atoms with E-state index >= 15 is 0 Å². The first-order valence-electron chi connectivity index (χ1n) is 7.06. The van der Waals surface area contributed by atoms with Crippen molar-refractivity contribution in [3.05, 3.63) is 0 Å². The fraction of sp³-hybridized carbons (Fsp3) is 1.00. The van der Waals surface area contributed by atoms with Crippen molar-refractivity contribution in [2.24, 2.45) is 5.41 Å². The molecule has 1 aliphatic rings. The molecule has 0 saturated heterocycles. The summed E-state index contributed by atoms with van der Waals surface area (Å²) in [6.45, 7) is 14.0. The SMILES string of the molecule is CCN(CC)CCNC1CCCCC1(C)C. The van der Waals surface area contributed by atoms with Crippen LogP contribution in [0.5, 0.6) is 0 Å². The van der Waals surface area contributed by atoms with Crippen molar-refractivity contribution in [1.82, 2.24) is 10.2 Å². The summed E-state index contributed by atoms with van der Waals surface area (Å²) in [6, 6.07) is 0.733. The maximum absolute atomic E-state index is 3.77. The predicted molar refractivity (Wildman–Crippen MR) is 71.8 cm³/mol. The lowest BCUT2D eigenvalue weighted by Crippen LogP contribution is -2.46. The molecule has 16 heavy (non-hydrogen) atoms. The third-order valence-electron chi connectivity index (χ3n) is 4.22. The van der Waals surface area contributed by atoms with E-state index < -0.39 is 0 Å². The highest BCUT2D eigenvalue weighted by Gasteiger charge is 2.31. The highest BCUT2D eigenvalue weighted by molar-refractivity contribution is 4.87. The maximum atomic E-state index is 3.77. The van der Waals surface area contributed by atoms with Crippen LogP contribution in [0.4, 0.5) is 0 Å². The van der Waals surface area contributed by atoms with Gasteiger partial charge in [-0.25, -0.2) is 0 Å². The lowest BCUT2D eigenvalue weighted by molar-refractivity contribution is 0.162. The van der Waals surface area contributed by atoms with E-state index in [0.29, 0.717) is 5.41 Å². The Hall–Kier alpha value is -0.0800. The number of rotatable bonds is 6. The Morgan fingerprint density at radius 2 is 1.88 bits per heavy atom. The molecule has 0 amide bonds. The minimum Gasteiger partial charge on any atom is -0.312 e. The molecule has 2 nitrogen and oxygen atoms in total. The largest absolute Gasteiger partial charge is 0.312 e. The first-order chi connectivity index (χ1) is 7.60. The van der Waals surface area contributed by atoms with Crippen LogP contribution in [0, 0.1) is 5.41 Å². The van der Waals surface area contributed by atoms with Crippen molar-refractivity contribution < 1.29 is 0 Å². The predicted octanol–water partition coefficient (Wildman–Crippen LogP) is 2.89. The molecule has 0 aromatic heterocycles. The number of hydrogen-bond donors (Lipinski definition) is 1. The van der Waals surface area contributed by atoms with E-state index in [1.807, 2.05) is 0 Å². The molecule has 1 saturated carbocycles. The van der Waals surface area contributed by atoms with Crippen LogP contribution < -0.4 is 5.32 Å². The zero-order valence-electron chi connectivity index (χ0n) is 11.7. The fourth-order valence-corrected chi connectivity index (χ4v) is 2.81. The highest BCUT2D eigenvalue weighted by atomic mass is 15.1. The third-order valence-corrected chi connectivity index (χ3v) is 4.22. The average molecular weight is 226 g/mol. The van der Waals surface area contributed by atoms with Gasteiger partial charge < -0.3 is 10.2 Å². The molecular formula is C14H30N2. The molecule has 0 aromatic rings. The van der Waals surface area contributed by atoms with E-state index in [-0.39, 0.29) is 0 Å². The van der Waals surface area contributed by atoms with Crippen LogP contribution in [-0.4, -0.2) is 37.1 Å². The summed E-state index contributed by atoms with van der Waals surface area (Å²) >= 11 is 0. The van der Waals surface area contributed by atoms with Crippen molar-refractivity contribution in [3.63, 3.8) is 0 Å². The zero-order chi connectivity index (χ0) is 12.0. The number of nitrogens with one attached hydrogen (secondary N) is 1. The van der Waals surface area contributed by atoms with Crippen LogP contribution in [0.3, 0.4) is 0 Å². The van der Waals surface area contributed by atoms with Gasteiger partial charge in [0, 0.05) is 19.1 Å². The first-order valence-corrected chi connectivity index (χ1v) is 7.06. The summed E-state index contributed by atoms with van der Waals surface area (Å²) in [5, 5.41) is 3.77. The normalized spacial score (nSPS) is 24.9. The van der Waals surface area contributed by atoms with Gasteiger partial charge in [0.2, 0.25) is 0 Å². The average Bonchev–Trinajstić information content (AvgIpc) is 2.26. The molecule has 0 radical (unpaired) electrons. The zero-order valence-corrected chi connectivity index (χ0v) is 11.7. The summed E-state index contributed by atoms with van der Waals surface area (Å²) in [5.74, 6) is 0. The standard InChI is InChI=1S/C14H30N2/c1-5-16(6-2)12-11-15-13-9-7-8-10-14(13,3)4/h13,15H,5-12H2,1-4H3. The van der Waals surface area contributed by atoms with Crippen LogP contribution in [0.25, 0.3) is 0 Å². The second-order valence-electron chi connectivity index (χ2n) is 5.77. The van der Waals surface area contributed by atoms with Crippen LogP contribution in [0.15, 0.2) is 0 Å². The third kappa shape index (κ3) is 4.06. The number of likely N-dealkylation sites (N-methyl/N-ethyl adjacent to an activating group) is 1. The maximum Gasteiger partial charge on any atom is 0.0119 e. The van der Waals surface area contributed by atoms with Gasteiger partial charge in [-0.3, -0.25) is 0 Å². The highest BCUT2D eigenvalue weighted by Crippen LogP contribution is 2.35. The summed E-state index contributed by atoms with van der Waals surface area (Å²) in [5.41, 5.74) is 0.501. The molecule has 2 heteroatoms. The van der Waals surface area contributed by atoms with E-state index in [1.54, 1.807) is 0 Å². The van der Waals surface area contributed by atoms with Crippen LogP contribution in [0.1, 0.15) is 53.4 Å². The molecule has 1 N–H and O–H groups in total. The Balaban J connectivity index is 2.25. The summed E-state index contributed by atoms with van der Waals surface area (Å²) < 4.78 is 0. The van der Waals surface area contributed by atoms with Gasteiger partial charge in [-0.1, -0.05) is 40.5 Å². The monoisotopic (exact) mass is 226 g/mol. The van der Waals surface area contributed by atoms with E-state index in [1.165, 1.54) is 45.3 Å². The number of hydrogen-bond acceptors (Lipinski definition) is 2. The Morgan fingerprint density at radius 3 is 2.44 bits per heavy atom. The van der Waals surface area contributed by atoms with Gasteiger partial charge in [0.25, 0.3) is 0 Å². The molecule has 1 unspecified atom stereocenters. The lowest BCUT2D eigenvalue weighted by atomic mass is 9.73. The van der Waals surface area contributed by atoms with Crippen molar-refractivity contribution in [3.8, 4) is 0 Å². The number of nitrogens with zero attached hydrogens (tertiary/aromatic N) is 1. The van der Waals surface area contributed by atoms with Crippen molar-refractivity contribution >= 4 is 0 Å². The molecule has 1 fully saturated rings. The van der Waals surface area contributed by atoms with Gasteiger partial charge in [-0.2, -0.15) is 0 Å². The molecular weight excluding hydrogens is 196 g/mol. The Kier molecular flexibility index (Phi) is 5.77. The van der Waals surface area contributed by atoms with E-state index in [4.69, 9.17) is 0 Å². The van der Waals surface area contributed by atoms with Crippen molar-refractivity contribution in [2.75, 3.05) is 26.2 Å². The van der Waals surface area contributed by atoms with Gasteiger partial charge in [0.05, 0.1) is 0 Å². The molecule has 0 aromatic carbocycles. The molecule has 0 bridgehead atoms. The quantitative estimate of drug-likeness (QED) is 0.749. The van der Waals surface area contributed by atoms with Gasteiger partial charge in [0.1, 0.15) is 0 Å². The Labute approximate surface area is 102 Å². The lowest BCUT2D eigenvalue weighted by Gasteiger charge is -2.39. The second kappa shape index (κ2) is 6.61. The topological polar surface area (TPSA) is 15.3 Å². The molecule has 1 rings (SSSR count). The van der Waals surface area contributed by atoms with E-state index in [0.717, 1.165) is 12.6 Å². The molecule has 1 atom stereocenters. The van der Waals surface area contributed by atoms with Crippen molar-refractivity contribution in [1.29, 1.82) is 0 Å². The second-order valence-corrected chi connectivity index (χ2v) is 5.77. The van der Waals surface area contributed by atoms with E-state index in [9.17, 15) is 0 Å². The van der Waals surface area contributed by atoms with Gasteiger partial charge >= 0.3 is 0 Å². The van der Waals surface area contributed by atoms with Crippen LogP contribution >= 0.6 is 0 Å². The summed E-state index contributed by atoms with van der Waals surface area (Å²) in [7, 11) is 0. The van der Waals surface area contributed by atoms with Crippen LogP contribution in [0.2, 0.25) is 0 Å². The molecule has 1 aliphatic carbocycles. The smallest absolute Gasteiger partial charge is 0.0119 e. The first kappa shape index (κ1) is 14.0. The molecule has 0 aliphatic heterocycles. The Bertz CT molecular complexity index is 185. The molecule has 0 heterocycles. The summed E-state index contributed by atoms with van der Waals surface area (Å²) in [6.07, 6.45) is 5.58. The fourth-order valence-electron chi connectivity index (χ4n) is 2.81. The Morgan fingerprint density at radius 1 is 1.19 bits per heavy atom. The van der Waals surface area contributed by atoms with Gasteiger partial charge in [0.15, 0.2) is 0 Å². The minimum atomic E-state index is 0.501. The molecule has 96 valence electrons. The van der Waals surface area contributed by atoms with Crippen LogP contribution in [-0.2, 0) is 0 Å². The molecule has 0 spiro atoms. The van der Waals surface area contributed by atoms with Crippen molar-refractivity contribution in [2.45, 2.75) is 59.4 Å². The van der Waals surface area contributed by atoms with Gasteiger partial charge in [-0.15, -0.1) is 0 Å². The minimum absolute atomic E-state index is 0.501. The van der Waals surface area contributed by atoms with Gasteiger partial charge in [-0.05, 0) is 31.3 Å². The summed E-state index contributed by atoms with van der Waals surface area (Å²) in [4.78, 5) is 2.49. The van der Waals surface area contributed by atoms with E-state index in [2.05, 4.69) is 37.9 Å².